The fourth-order valence-electron chi connectivity index (χ4n) is 2.02. The SMILES string of the molecule is CCOc1cc(NCc2cccc(CO)c2)c(N)cc1F. The summed E-state index contributed by atoms with van der Waals surface area (Å²) in [7, 11) is 0. The molecule has 4 N–H and O–H groups in total. The molecule has 0 atom stereocenters. The number of aliphatic hydroxyl groups is 1. The van der Waals surface area contributed by atoms with Gasteiger partial charge in [0.05, 0.1) is 24.6 Å². The van der Waals surface area contributed by atoms with Gasteiger partial charge < -0.3 is 20.9 Å². The maximum atomic E-state index is 13.6. The van der Waals surface area contributed by atoms with Crippen LogP contribution in [0.5, 0.6) is 5.75 Å². The quantitative estimate of drug-likeness (QED) is 0.716. The standard InChI is InChI=1S/C16H19FN2O2/c1-2-21-16-8-15(14(18)7-13(16)17)19-9-11-4-3-5-12(6-11)10-20/h3-8,19-20H,2,9-10,18H2,1H3. The van der Waals surface area contributed by atoms with Crippen molar-refractivity contribution in [3.63, 3.8) is 0 Å². The molecule has 0 amide bonds. The van der Waals surface area contributed by atoms with E-state index >= 15 is 0 Å². The molecular formula is C16H19FN2O2. The van der Waals surface area contributed by atoms with Crippen LogP contribution in [0.25, 0.3) is 0 Å². The van der Waals surface area contributed by atoms with Gasteiger partial charge in [0.15, 0.2) is 11.6 Å². The van der Waals surface area contributed by atoms with Crippen molar-refractivity contribution in [3.8, 4) is 5.75 Å². The summed E-state index contributed by atoms with van der Waals surface area (Å²) in [4.78, 5) is 0. The lowest BCUT2D eigenvalue weighted by molar-refractivity contribution is 0.281. The number of ether oxygens (including phenoxy) is 1. The van der Waals surface area contributed by atoms with Crippen molar-refractivity contribution >= 4 is 11.4 Å². The summed E-state index contributed by atoms with van der Waals surface area (Å²) in [5.74, 6) is -0.291. The third-order valence-electron chi connectivity index (χ3n) is 3.06. The summed E-state index contributed by atoms with van der Waals surface area (Å²) >= 11 is 0. The lowest BCUT2D eigenvalue weighted by Crippen LogP contribution is -2.05. The van der Waals surface area contributed by atoms with Gasteiger partial charge in [-0.25, -0.2) is 4.39 Å². The summed E-state index contributed by atoms with van der Waals surface area (Å²) in [6, 6.07) is 10.4. The topological polar surface area (TPSA) is 67.5 Å². The summed E-state index contributed by atoms with van der Waals surface area (Å²) < 4.78 is 18.8. The lowest BCUT2D eigenvalue weighted by atomic mass is 10.1. The molecule has 0 unspecified atom stereocenters. The Kier molecular flexibility index (Phi) is 5.00. The summed E-state index contributed by atoms with van der Waals surface area (Å²) in [6.45, 7) is 2.71. The van der Waals surface area contributed by atoms with Crippen LogP contribution < -0.4 is 15.8 Å². The highest BCUT2D eigenvalue weighted by Gasteiger charge is 2.08. The smallest absolute Gasteiger partial charge is 0.167 e. The number of nitrogens with two attached hydrogens (primary N) is 1. The van der Waals surface area contributed by atoms with Crippen LogP contribution in [0, 0.1) is 5.82 Å². The predicted octanol–water partition coefficient (Wildman–Crippen LogP) is 2.91. The first kappa shape index (κ1) is 15.1. The van der Waals surface area contributed by atoms with Crippen molar-refractivity contribution in [1.82, 2.24) is 0 Å². The van der Waals surface area contributed by atoms with Crippen LogP contribution in [0.2, 0.25) is 0 Å². The van der Waals surface area contributed by atoms with E-state index in [9.17, 15) is 4.39 Å². The van der Waals surface area contributed by atoms with Gasteiger partial charge in [-0.05, 0) is 18.1 Å². The summed E-state index contributed by atoms with van der Waals surface area (Å²) in [5, 5.41) is 12.3. The Hall–Kier alpha value is -2.27. The highest BCUT2D eigenvalue weighted by atomic mass is 19.1. The maximum absolute atomic E-state index is 13.6. The summed E-state index contributed by atoms with van der Waals surface area (Å²) in [5.41, 5.74) is 8.60. The number of aliphatic hydroxyl groups excluding tert-OH is 1. The Balaban J connectivity index is 2.13. The van der Waals surface area contributed by atoms with Gasteiger partial charge in [0, 0.05) is 18.7 Å². The third-order valence-corrected chi connectivity index (χ3v) is 3.06. The molecular weight excluding hydrogens is 271 g/mol. The third kappa shape index (κ3) is 3.86. The molecule has 5 heteroatoms. The summed E-state index contributed by atoms with van der Waals surface area (Å²) in [6.07, 6.45) is 0. The van der Waals surface area contributed by atoms with E-state index in [1.54, 1.807) is 13.0 Å². The van der Waals surface area contributed by atoms with Crippen LogP contribution in [-0.2, 0) is 13.2 Å². The van der Waals surface area contributed by atoms with E-state index in [1.165, 1.54) is 6.07 Å². The average molecular weight is 290 g/mol. The molecule has 0 radical (unpaired) electrons. The molecule has 0 saturated heterocycles. The Morgan fingerprint density at radius 1 is 1.24 bits per heavy atom. The zero-order valence-corrected chi connectivity index (χ0v) is 11.9. The van der Waals surface area contributed by atoms with Gasteiger partial charge in [-0.15, -0.1) is 0 Å². The highest BCUT2D eigenvalue weighted by Crippen LogP contribution is 2.28. The Labute approximate surface area is 123 Å². The van der Waals surface area contributed by atoms with Crippen LogP contribution in [0.3, 0.4) is 0 Å². The van der Waals surface area contributed by atoms with Gasteiger partial charge in [-0.1, -0.05) is 24.3 Å². The van der Waals surface area contributed by atoms with Crippen molar-refractivity contribution < 1.29 is 14.2 Å². The van der Waals surface area contributed by atoms with Crippen LogP contribution in [0.1, 0.15) is 18.1 Å². The second kappa shape index (κ2) is 6.95. The van der Waals surface area contributed by atoms with Crippen molar-refractivity contribution in [2.45, 2.75) is 20.1 Å². The Morgan fingerprint density at radius 3 is 2.71 bits per heavy atom. The minimum atomic E-state index is -0.470. The molecule has 0 aliphatic carbocycles. The minimum Gasteiger partial charge on any atom is -0.491 e. The number of benzene rings is 2. The van der Waals surface area contributed by atoms with Crippen molar-refractivity contribution in [3.05, 3.63) is 53.3 Å². The van der Waals surface area contributed by atoms with Gasteiger partial charge in [0.25, 0.3) is 0 Å². The molecule has 21 heavy (non-hydrogen) atoms. The Bertz CT molecular complexity index is 617. The van der Waals surface area contributed by atoms with E-state index in [1.807, 2.05) is 24.3 Å². The fourth-order valence-corrected chi connectivity index (χ4v) is 2.02. The lowest BCUT2D eigenvalue weighted by Gasteiger charge is -2.13. The molecule has 0 aromatic heterocycles. The molecule has 0 heterocycles. The van der Waals surface area contributed by atoms with Crippen molar-refractivity contribution in [2.24, 2.45) is 0 Å². The number of hydrogen-bond acceptors (Lipinski definition) is 4. The van der Waals surface area contributed by atoms with Gasteiger partial charge in [0.2, 0.25) is 0 Å². The number of rotatable bonds is 6. The first-order valence-corrected chi connectivity index (χ1v) is 6.78. The van der Waals surface area contributed by atoms with E-state index in [0.29, 0.717) is 24.5 Å². The molecule has 2 aromatic carbocycles. The van der Waals surface area contributed by atoms with Crippen molar-refractivity contribution in [2.75, 3.05) is 17.7 Å². The van der Waals surface area contributed by atoms with E-state index in [2.05, 4.69) is 5.32 Å². The van der Waals surface area contributed by atoms with Crippen LogP contribution in [0.15, 0.2) is 36.4 Å². The van der Waals surface area contributed by atoms with Crippen molar-refractivity contribution in [1.29, 1.82) is 0 Å². The number of nitrogen functional groups attached to an aromatic ring is 1. The average Bonchev–Trinajstić information content (AvgIpc) is 2.49. The molecule has 0 aliphatic heterocycles. The number of anilines is 2. The van der Waals surface area contributed by atoms with Crippen LogP contribution >= 0.6 is 0 Å². The zero-order valence-electron chi connectivity index (χ0n) is 11.9. The molecule has 4 nitrogen and oxygen atoms in total. The fraction of sp³-hybridized carbons (Fsp3) is 0.250. The molecule has 0 fully saturated rings. The number of halogens is 1. The van der Waals surface area contributed by atoms with Gasteiger partial charge in [0.1, 0.15) is 0 Å². The van der Waals surface area contributed by atoms with E-state index < -0.39 is 5.82 Å². The molecule has 112 valence electrons. The Morgan fingerprint density at radius 2 is 2.00 bits per heavy atom. The molecule has 0 spiro atoms. The maximum Gasteiger partial charge on any atom is 0.167 e. The van der Waals surface area contributed by atoms with Gasteiger partial charge >= 0.3 is 0 Å². The van der Waals surface area contributed by atoms with Gasteiger partial charge in [-0.3, -0.25) is 0 Å². The molecule has 2 rings (SSSR count). The normalized spacial score (nSPS) is 10.4. The number of nitrogens with one attached hydrogen (secondary N) is 1. The second-order valence-electron chi connectivity index (χ2n) is 4.63. The van der Waals surface area contributed by atoms with E-state index in [0.717, 1.165) is 11.1 Å². The molecule has 0 bridgehead atoms. The molecule has 0 saturated carbocycles. The van der Waals surface area contributed by atoms with Gasteiger partial charge in [-0.2, -0.15) is 0 Å². The second-order valence-corrected chi connectivity index (χ2v) is 4.63. The first-order chi connectivity index (χ1) is 10.1. The van der Waals surface area contributed by atoms with Crippen LogP contribution in [-0.4, -0.2) is 11.7 Å². The largest absolute Gasteiger partial charge is 0.491 e. The van der Waals surface area contributed by atoms with E-state index in [4.69, 9.17) is 15.6 Å². The minimum absolute atomic E-state index is 0.00101. The van der Waals surface area contributed by atoms with E-state index in [-0.39, 0.29) is 12.4 Å². The van der Waals surface area contributed by atoms with Crippen LogP contribution in [0.4, 0.5) is 15.8 Å². The molecule has 2 aromatic rings. The monoisotopic (exact) mass is 290 g/mol. The molecule has 0 aliphatic rings. The number of hydrogen-bond donors (Lipinski definition) is 3. The predicted molar refractivity (Wildman–Crippen MR) is 81.7 cm³/mol. The highest BCUT2D eigenvalue weighted by molar-refractivity contribution is 5.68. The zero-order chi connectivity index (χ0) is 15.2. The first-order valence-electron chi connectivity index (χ1n) is 6.78.